The highest BCUT2D eigenvalue weighted by Crippen LogP contribution is 2.43. The van der Waals surface area contributed by atoms with Gasteiger partial charge in [0.05, 0.1) is 52.9 Å². The second-order valence-electron chi connectivity index (χ2n) is 4.91. The van der Waals surface area contributed by atoms with Crippen LogP contribution in [0.15, 0.2) is 12.1 Å². The van der Waals surface area contributed by atoms with Crippen LogP contribution in [0.2, 0.25) is 0 Å². The molecule has 1 heterocycles. The molecule has 0 fully saturated rings. The lowest BCUT2D eigenvalue weighted by atomic mass is 10.2. The molecule has 0 saturated carbocycles. The van der Waals surface area contributed by atoms with Crippen LogP contribution in [0.3, 0.4) is 0 Å². The number of benzene rings is 1. The van der Waals surface area contributed by atoms with Crippen LogP contribution < -0.4 is 9.47 Å². The number of phenols is 2. The Labute approximate surface area is 140 Å². The topological polar surface area (TPSA) is 95.8 Å². The van der Waals surface area contributed by atoms with Gasteiger partial charge in [-0.05, 0) is 12.1 Å². The Kier molecular flexibility index (Phi) is 8.47. The summed E-state index contributed by atoms with van der Waals surface area (Å²) >= 11 is 0. The van der Waals surface area contributed by atoms with Gasteiger partial charge in [0.1, 0.15) is 13.2 Å². The summed E-state index contributed by atoms with van der Waals surface area (Å²) in [6.45, 7) is 3.84. The normalized spacial score (nSPS) is 19.2. The first-order valence-electron chi connectivity index (χ1n) is 7.90. The molecule has 0 unspecified atom stereocenters. The molecule has 2 N–H and O–H groups in total. The number of aromatic hydroxyl groups is 2. The average Bonchev–Trinajstić information content (AvgIpc) is 2.58. The molecular formula is C16H24O8. The van der Waals surface area contributed by atoms with Crippen molar-refractivity contribution in [2.45, 2.75) is 0 Å². The third kappa shape index (κ3) is 6.40. The molecule has 0 aromatic heterocycles. The monoisotopic (exact) mass is 344 g/mol. The second-order valence-corrected chi connectivity index (χ2v) is 4.91. The van der Waals surface area contributed by atoms with E-state index in [9.17, 15) is 10.2 Å². The van der Waals surface area contributed by atoms with Crippen LogP contribution >= 0.6 is 0 Å². The predicted molar refractivity (Wildman–Crippen MR) is 84.0 cm³/mol. The summed E-state index contributed by atoms with van der Waals surface area (Å²) in [5.74, 6) is -0.0664. The van der Waals surface area contributed by atoms with Crippen LogP contribution in [0.4, 0.5) is 0 Å². The Morgan fingerprint density at radius 1 is 0.500 bits per heavy atom. The maximum atomic E-state index is 9.91. The first kappa shape index (κ1) is 18.6. The average molecular weight is 344 g/mol. The van der Waals surface area contributed by atoms with E-state index >= 15 is 0 Å². The van der Waals surface area contributed by atoms with Gasteiger partial charge in [0.25, 0.3) is 0 Å². The largest absolute Gasteiger partial charge is 0.504 e. The van der Waals surface area contributed by atoms with Gasteiger partial charge in [-0.25, -0.2) is 0 Å². The van der Waals surface area contributed by atoms with Crippen molar-refractivity contribution in [2.24, 2.45) is 0 Å². The summed E-state index contributed by atoms with van der Waals surface area (Å²) in [7, 11) is 0. The molecule has 1 aliphatic rings. The zero-order valence-electron chi connectivity index (χ0n) is 13.6. The standard InChI is InChI=1S/C16H24O8/c17-13-1-2-14(18)16-15(13)23-11-9-21-7-5-19-3-4-20-6-8-22-10-12-24-16/h1-2,17-18H,3-12H2. The molecule has 136 valence electrons. The van der Waals surface area contributed by atoms with Crippen LogP contribution in [0.1, 0.15) is 0 Å². The van der Waals surface area contributed by atoms with E-state index in [0.29, 0.717) is 52.9 Å². The van der Waals surface area contributed by atoms with Gasteiger partial charge >= 0.3 is 0 Å². The van der Waals surface area contributed by atoms with Crippen LogP contribution in [-0.2, 0) is 18.9 Å². The van der Waals surface area contributed by atoms with Gasteiger partial charge < -0.3 is 38.6 Å². The molecule has 0 spiro atoms. The molecule has 8 nitrogen and oxygen atoms in total. The third-order valence-corrected chi connectivity index (χ3v) is 3.13. The van der Waals surface area contributed by atoms with E-state index in [1.54, 1.807) is 0 Å². The van der Waals surface area contributed by atoms with Gasteiger partial charge in [-0.1, -0.05) is 0 Å². The lowest BCUT2D eigenvalue weighted by Crippen LogP contribution is -2.16. The molecule has 8 heteroatoms. The summed E-state index contributed by atoms with van der Waals surface area (Å²) in [4.78, 5) is 0. The minimum Gasteiger partial charge on any atom is -0.504 e. The van der Waals surface area contributed by atoms with Gasteiger partial charge in [-0.15, -0.1) is 0 Å². The minimum atomic E-state index is -0.116. The van der Waals surface area contributed by atoms with E-state index in [1.165, 1.54) is 12.1 Å². The van der Waals surface area contributed by atoms with Crippen molar-refractivity contribution in [3.8, 4) is 23.0 Å². The van der Waals surface area contributed by atoms with Gasteiger partial charge in [0, 0.05) is 0 Å². The number of fused-ring (bicyclic) bond motifs is 1. The van der Waals surface area contributed by atoms with E-state index in [4.69, 9.17) is 28.4 Å². The van der Waals surface area contributed by atoms with Crippen LogP contribution in [0.5, 0.6) is 23.0 Å². The van der Waals surface area contributed by atoms with E-state index < -0.39 is 0 Å². The molecule has 0 aliphatic carbocycles. The fourth-order valence-electron chi connectivity index (χ4n) is 1.99. The number of ether oxygens (including phenoxy) is 6. The zero-order chi connectivity index (χ0) is 17.0. The Hall–Kier alpha value is -1.74. The molecule has 1 aliphatic heterocycles. The van der Waals surface area contributed by atoms with Crippen molar-refractivity contribution in [1.29, 1.82) is 0 Å². The first-order valence-corrected chi connectivity index (χ1v) is 7.90. The predicted octanol–water partition coefficient (Wildman–Crippen LogP) is 0.935. The molecule has 1 aromatic carbocycles. The van der Waals surface area contributed by atoms with Crippen molar-refractivity contribution >= 4 is 0 Å². The smallest absolute Gasteiger partial charge is 0.207 e. The number of hydrogen-bond donors (Lipinski definition) is 2. The molecule has 1 aromatic rings. The van der Waals surface area contributed by atoms with E-state index in [2.05, 4.69) is 0 Å². The summed E-state index contributed by atoms with van der Waals surface area (Å²) in [5.41, 5.74) is 0. The fourth-order valence-corrected chi connectivity index (χ4v) is 1.99. The molecule has 0 bridgehead atoms. The highest BCUT2D eigenvalue weighted by Gasteiger charge is 2.16. The van der Waals surface area contributed by atoms with E-state index in [-0.39, 0.29) is 36.2 Å². The SMILES string of the molecule is Oc1ccc(O)c2c1OCCOCCOCCOCCOCCO2. The fraction of sp³-hybridized carbons (Fsp3) is 0.625. The lowest BCUT2D eigenvalue weighted by molar-refractivity contribution is -0.00863. The Bertz CT molecular complexity index is 436. The quantitative estimate of drug-likeness (QED) is 0.671. The van der Waals surface area contributed by atoms with Crippen LogP contribution in [0.25, 0.3) is 0 Å². The molecule has 0 saturated heterocycles. The summed E-state index contributed by atoms with van der Waals surface area (Å²) < 4.78 is 32.4. The van der Waals surface area contributed by atoms with Gasteiger partial charge in [0.2, 0.25) is 11.5 Å². The van der Waals surface area contributed by atoms with Crippen molar-refractivity contribution in [1.82, 2.24) is 0 Å². The maximum absolute atomic E-state index is 9.91. The Morgan fingerprint density at radius 2 is 0.792 bits per heavy atom. The van der Waals surface area contributed by atoms with Crippen molar-refractivity contribution in [2.75, 3.05) is 66.1 Å². The molecule has 0 atom stereocenters. The highest BCUT2D eigenvalue weighted by molar-refractivity contribution is 5.57. The summed E-state index contributed by atoms with van der Waals surface area (Å²) in [6, 6.07) is 2.68. The van der Waals surface area contributed by atoms with E-state index in [0.717, 1.165) is 0 Å². The van der Waals surface area contributed by atoms with Crippen molar-refractivity contribution < 1.29 is 38.6 Å². The Balaban J connectivity index is 1.93. The van der Waals surface area contributed by atoms with Crippen LogP contribution in [-0.4, -0.2) is 76.3 Å². The molecule has 24 heavy (non-hydrogen) atoms. The Morgan fingerprint density at radius 3 is 1.12 bits per heavy atom. The molecule has 0 amide bonds. The molecular weight excluding hydrogens is 320 g/mol. The summed E-state index contributed by atoms with van der Waals surface area (Å²) in [5, 5.41) is 19.8. The molecule has 0 radical (unpaired) electrons. The van der Waals surface area contributed by atoms with Crippen LogP contribution in [0, 0.1) is 0 Å². The zero-order valence-corrected chi connectivity index (χ0v) is 13.6. The van der Waals surface area contributed by atoms with Gasteiger partial charge in [0.15, 0.2) is 11.5 Å². The third-order valence-electron chi connectivity index (χ3n) is 3.13. The van der Waals surface area contributed by atoms with Gasteiger partial charge in [-0.2, -0.15) is 0 Å². The first-order chi connectivity index (χ1) is 11.8. The molecule has 2 rings (SSSR count). The van der Waals surface area contributed by atoms with Crippen molar-refractivity contribution in [3.05, 3.63) is 12.1 Å². The highest BCUT2D eigenvalue weighted by atomic mass is 16.6. The maximum Gasteiger partial charge on any atom is 0.207 e. The number of phenolic OH excluding ortho intramolecular Hbond substituents is 2. The van der Waals surface area contributed by atoms with E-state index in [1.807, 2.05) is 0 Å². The number of rotatable bonds is 0. The lowest BCUT2D eigenvalue weighted by Gasteiger charge is -2.16. The second kappa shape index (κ2) is 10.9. The number of hydrogen-bond acceptors (Lipinski definition) is 8. The minimum absolute atomic E-state index is 0.0827. The van der Waals surface area contributed by atoms with Crippen molar-refractivity contribution in [3.63, 3.8) is 0 Å². The summed E-state index contributed by atoms with van der Waals surface area (Å²) in [6.07, 6.45) is 0. The van der Waals surface area contributed by atoms with Gasteiger partial charge in [-0.3, -0.25) is 0 Å².